The topological polar surface area (TPSA) is 92.2 Å². The third kappa shape index (κ3) is 2.98. The van der Waals surface area contributed by atoms with Crippen molar-refractivity contribution in [2.24, 2.45) is 0 Å². The second kappa shape index (κ2) is 7.06. The van der Waals surface area contributed by atoms with E-state index in [0.717, 1.165) is 11.1 Å². The van der Waals surface area contributed by atoms with Crippen molar-refractivity contribution in [3.05, 3.63) is 58.2 Å². The van der Waals surface area contributed by atoms with E-state index in [1.165, 1.54) is 7.11 Å². The van der Waals surface area contributed by atoms with Gasteiger partial charge in [-0.05, 0) is 46.1 Å². The predicted molar refractivity (Wildman–Crippen MR) is 105 cm³/mol. The lowest BCUT2D eigenvalue weighted by Crippen LogP contribution is -2.03. The Morgan fingerprint density at radius 2 is 1.85 bits per heavy atom. The van der Waals surface area contributed by atoms with Crippen LogP contribution in [0.2, 0.25) is 0 Å². The van der Waals surface area contributed by atoms with E-state index < -0.39 is 0 Å². The van der Waals surface area contributed by atoms with Gasteiger partial charge >= 0.3 is 0 Å². The number of anilines is 1. The third-order valence-electron chi connectivity index (χ3n) is 4.12. The van der Waals surface area contributed by atoms with Crippen LogP contribution >= 0.6 is 15.9 Å². The van der Waals surface area contributed by atoms with Gasteiger partial charge in [-0.3, -0.25) is 0 Å². The molecule has 0 saturated heterocycles. The van der Waals surface area contributed by atoms with E-state index in [2.05, 4.69) is 27.0 Å². The average Bonchev–Trinajstić information content (AvgIpc) is 2.64. The summed E-state index contributed by atoms with van der Waals surface area (Å²) in [4.78, 5) is 4.35. The Labute approximate surface area is 159 Å². The highest BCUT2D eigenvalue weighted by atomic mass is 79.9. The molecule has 0 saturated carbocycles. The van der Waals surface area contributed by atoms with Crippen molar-refractivity contribution in [3.8, 4) is 39.8 Å². The number of methoxy groups -OCH3 is 1. The lowest BCUT2D eigenvalue weighted by molar-refractivity contribution is 0.372. The minimum absolute atomic E-state index is 0.00484. The van der Waals surface area contributed by atoms with Gasteiger partial charge in [-0.2, -0.15) is 5.26 Å². The molecule has 0 spiro atoms. The van der Waals surface area contributed by atoms with E-state index in [-0.39, 0.29) is 17.1 Å². The molecule has 0 atom stereocenters. The fourth-order valence-corrected chi connectivity index (χ4v) is 3.40. The number of rotatable bonds is 3. The number of halogens is 1. The van der Waals surface area contributed by atoms with Gasteiger partial charge in [0.1, 0.15) is 17.5 Å². The highest BCUT2D eigenvalue weighted by Crippen LogP contribution is 2.44. The number of benzene rings is 2. The van der Waals surface area contributed by atoms with Crippen LogP contribution in [0.1, 0.15) is 11.3 Å². The van der Waals surface area contributed by atoms with Gasteiger partial charge in [0.2, 0.25) is 0 Å². The van der Waals surface area contributed by atoms with Crippen molar-refractivity contribution in [2.75, 3.05) is 12.8 Å². The number of pyridine rings is 1. The van der Waals surface area contributed by atoms with Crippen LogP contribution in [0.25, 0.3) is 22.3 Å². The normalized spacial score (nSPS) is 10.4. The van der Waals surface area contributed by atoms with Crippen molar-refractivity contribution in [3.63, 3.8) is 0 Å². The Hall–Kier alpha value is -3.04. The molecule has 1 heterocycles. The van der Waals surface area contributed by atoms with Gasteiger partial charge in [-0.15, -0.1) is 0 Å². The Kier molecular flexibility index (Phi) is 4.83. The number of nitriles is 1. The minimum Gasteiger partial charge on any atom is -0.503 e. The smallest absolute Gasteiger partial charge is 0.172 e. The molecule has 0 radical (unpaired) electrons. The Bertz CT molecular complexity index is 1030. The van der Waals surface area contributed by atoms with Crippen LogP contribution in [-0.2, 0) is 0 Å². The zero-order valence-corrected chi connectivity index (χ0v) is 15.8. The molecule has 0 unspecified atom stereocenters. The van der Waals surface area contributed by atoms with Crippen LogP contribution in [-0.4, -0.2) is 17.2 Å². The second-order valence-corrected chi connectivity index (χ2v) is 6.55. The molecule has 1 aromatic heterocycles. The van der Waals surface area contributed by atoms with Crippen molar-refractivity contribution in [1.82, 2.24) is 4.98 Å². The molecule has 3 N–H and O–H groups in total. The number of ether oxygens (including phenoxy) is 1. The summed E-state index contributed by atoms with van der Waals surface area (Å²) in [5, 5.41) is 19.8. The highest BCUT2D eigenvalue weighted by molar-refractivity contribution is 9.10. The number of hydrogen-bond donors (Lipinski definition) is 2. The summed E-state index contributed by atoms with van der Waals surface area (Å²) in [6, 6.07) is 15.3. The number of nitrogens with two attached hydrogens (primary N) is 1. The highest BCUT2D eigenvalue weighted by Gasteiger charge is 2.21. The van der Waals surface area contributed by atoms with E-state index in [1.54, 1.807) is 12.1 Å². The molecule has 0 amide bonds. The van der Waals surface area contributed by atoms with Gasteiger partial charge in [-0.1, -0.05) is 30.3 Å². The first-order chi connectivity index (χ1) is 12.5. The molecule has 0 aliphatic rings. The number of phenols is 1. The standard InChI is InChI=1S/C20H16BrN3O2/c1-11-17(12-6-4-3-5-7-12)18(14(10-22)20(23)24-11)13-8-15(21)19(25)16(9-13)26-2/h3-9,25H,1-2H3,(H2,23,24). The van der Waals surface area contributed by atoms with Crippen LogP contribution in [0.15, 0.2) is 46.9 Å². The lowest BCUT2D eigenvalue weighted by atomic mass is 9.90. The largest absolute Gasteiger partial charge is 0.503 e. The number of nitrogens with zero attached hydrogens (tertiary/aromatic N) is 2. The molecular weight excluding hydrogens is 394 g/mol. The Balaban J connectivity index is 2.44. The molecule has 26 heavy (non-hydrogen) atoms. The van der Waals surface area contributed by atoms with Gasteiger partial charge in [0.05, 0.1) is 11.6 Å². The van der Waals surface area contributed by atoms with Crippen molar-refractivity contribution >= 4 is 21.7 Å². The fourth-order valence-electron chi connectivity index (χ4n) is 2.96. The summed E-state index contributed by atoms with van der Waals surface area (Å²) >= 11 is 3.34. The van der Waals surface area contributed by atoms with Gasteiger partial charge in [0.15, 0.2) is 11.5 Å². The first-order valence-corrected chi connectivity index (χ1v) is 8.59. The third-order valence-corrected chi connectivity index (χ3v) is 4.72. The first-order valence-electron chi connectivity index (χ1n) is 7.80. The van der Waals surface area contributed by atoms with Crippen LogP contribution in [0.3, 0.4) is 0 Å². The molecule has 130 valence electrons. The van der Waals surface area contributed by atoms with Crippen molar-refractivity contribution < 1.29 is 9.84 Å². The fraction of sp³-hybridized carbons (Fsp3) is 0.100. The number of aromatic hydroxyl groups is 1. The van der Waals surface area contributed by atoms with E-state index in [4.69, 9.17) is 10.5 Å². The molecule has 3 aromatic rings. The Morgan fingerprint density at radius 1 is 1.15 bits per heavy atom. The summed E-state index contributed by atoms with van der Waals surface area (Å²) in [6.07, 6.45) is 0. The molecular formula is C20H16BrN3O2. The van der Waals surface area contributed by atoms with Crippen molar-refractivity contribution in [1.29, 1.82) is 5.26 Å². The zero-order valence-electron chi connectivity index (χ0n) is 14.2. The SMILES string of the molecule is COc1cc(-c2c(C#N)c(N)nc(C)c2-c2ccccc2)cc(Br)c1O. The lowest BCUT2D eigenvalue weighted by Gasteiger charge is -2.17. The Morgan fingerprint density at radius 3 is 2.46 bits per heavy atom. The summed E-state index contributed by atoms with van der Waals surface area (Å²) in [6.45, 7) is 1.86. The van der Waals surface area contributed by atoms with Gasteiger partial charge < -0.3 is 15.6 Å². The number of phenolic OH excluding ortho intramolecular Hbond substituents is 1. The first kappa shape index (κ1) is 17.8. The average molecular weight is 410 g/mol. The van der Waals surface area contributed by atoms with Crippen LogP contribution in [0.5, 0.6) is 11.5 Å². The maximum Gasteiger partial charge on any atom is 0.172 e. The molecule has 5 nitrogen and oxygen atoms in total. The molecule has 0 fully saturated rings. The van der Waals surface area contributed by atoms with Gasteiger partial charge in [-0.25, -0.2) is 4.98 Å². The molecule has 3 rings (SSSR count). The van der Waals surface area contributed by atoms with Gasteiger partial charge in [0, 0.05) is 16.8 Å². The molecule has 0 bridgehead atoms. The van der Waals surface area contributed by atoms with Crippen molar-refractivity contribution in [2.45, 2.75) is 6.92 Å². The molecule has 0 aliphatic heterocycles. The predicted octanol–water partition coefficient (Wildman–Crippen LogP) is 4.65. The maximum absolute atomic E-state index is 10.1. The van der Waals surface area contributed by atoms with E-state index in [1.807, 2.05) is 37.3 Å². The number of hydrogen-bond acceptors (Lipinski definition) is 5. The van der Waals surface area contributed by atoms with E-state index >= 15 is 0 Å². The molecule has 2 aromatic carbocycles. The number of nitrogen functional groups attached to an aromatic ring is 1. The van der Waals surface area contributed by atoms with Gasteiger partial charge in [0.25, 0.3) is 0 Å². The minimum atomic E-state index is -0.00484. The quantitative estimate of drug-likeness (QED) is 0.656. The summed E-state index contributed by atoms with van der Waals surface area (Å²) < 4.78 is 5.72. The molecule has 6 heteroatoms. The molecule has 0 aliphatic carbocycles. The summed E-state index contributed by atoms with van der Waals surface area (Å²) in [5.74, 6) is 0.461. The maximum atomic E-state index is 10.1. The van der Waals surface area contributed by atoms with Crippen LogP contribution < -0.4 is 10.5 Å². The van der Waals surface area contributed by atoms with Crippen LogP contribution in [0.4, 0.5) is 5.82 Å². The monoisotopic (exact) mass is 409 g/mol. The second-order valence-electron chi connectivity index (χ2n) is 5.69. The van der Waals surface area contributed by atoms with E-state index in [9.17, 15) is 10.4 Å². The summed E-state index contributed by atoms with van der Waals surface area (Å²) in [5.41, 5.74) is 10.1. The number of aryl methyl sites for hydroxylation is 1. The zero-order chi connectivity index (χ0) is 18.8. The van der Waals surface area contributed by atoms with E-state index in [0.29, 0.717) is 27.0 Å². The summed E-state index contributed by atoms with van der Waals surface area (Å²) in [7, 11) is 1.47. The number of aromatic nitrogens is 1. The van der Waals surface area contributed by atoms with Crippen LogP contribution in [0, 0.1) is 18.3 Å².